The van der Waals surface area contributed by atoms with Crippen LogP contribution in [-0.4, -0.2) is 30.4 Å². The van der Waals surface area contributed by atoms with Crippen molar-refractivity contribution < 1.29 is 19.1 Å². The summed E-state index contributed by atoms with van der Waals surface area (Å²) in [5, 5.41) is 5.35. The highest BCUT2D eigenvalue weighted by Crippen LogP contribution is 2.10. The second kappa shape index (κ2) is 11.3. The Labute approximate surface area is 155 Å². The van der Waals surface area contributed by atoms with Crippen molar-refractivity contribution in [2.75, 3.05) is 0 Å². The lowest BCUT2D eigenvalue weighted by Crippen LogP contribution is -2.53. The number of nitrogens with one attached hydrogen (secondary N) is 2. The molecule has 0 bridgehead atoms. The number of hydrogen-bond donors (Lipinski definition) is 2. The molecule has 0 aliphatic rings. The third-order valence-electron chi connectivity index (χ3n) is 4.20. The largest absolute Gasteiger partial charge is 0.445 e. The molecule has 0 saturated carbocycles. The van der Waals surface area contributed by atoms with Gasteiger partial charge in [0.1, 0.15) is 18.9 Å². The van der Waals surface area contributed by atoms with Gasteiger partial charge in [-0.15, -0.1) is 0 Å². The number of hydrogen-bond acceptors (Lipinski definition) is 4. The van der Waals surface area contributed by atoms with Gasteiger partial charge in [0, 0.05) is 0 Å². The summed E-state index contributed by atoms with van der Waals surface area (Å²) >= 11 is 0. The van der Waals surface area contributed by atoms with Crippen molar-refractivity contribution in [1.29, 1.82) is 0 Å². The van der Waals surface area contributed by atoms with Crippen LogP contribution in [0.1, 0.15) is 46.1 Å². The van der Waals surface area contributed by atoms with Crippen LogP contribution in [0.15, 0.2) is 30.3 Å². The van der Waals surface area contributed by atoms with E-state index in [0.717, 1.165) is 11.8 Å². The van der Waals surface area contributed by atoms with Gasteiger partial charge in [0.2, 0.25) is 5.91 Å². The monoisotopic (exact) mass is 362 g/mol. The van der Waals surface area contributed by atoms with E-state index in [2.05, 4.69) is 10.6 Å². The zero-order chi connectivity index (χ0) is 19.5. The van der Waals surface area contributed by atoms with E-state index < -0.39 is 18.2 Å². The first-order valence-electron chi connectivity index (χ1n) is 9.10. The maximum absolute atomic E-state index is 12.6. The molecule has 0 heterocycles. The summed E-state index contributed by atoms with van der Waals surface area (Å²) in [5.41, 5.74) is 0.866. The summed E-state index contributed by atoms with van der Waals surface area (Å²) in [6, 6.07) is 8.00. The van der Waals surface area contributed by atoms with Gasteiger partial charge in [-0.2, -0.15) is 0 Å². The van der Waals surface area contributed by atoms with Gasteiger partial charge in [-0.3, -0.25) is 4.79 Å². The van der Waals surface area contributed by atoms with Crippen LogP contribution in [0.4, 0.5) is 4.79 Å². The molecule has 0 aliphatic heterocycles. The maximum Gasteiger partial charge on any atom is 0.408 e. The number of carbonyl (C=O) groups is 3. The molecule has 1 aromatic rings. The molecule has 144 valence electrons. The standard InChI is InChI=1S/C20H30N2O4/c1-5-15(4)18(19(24)21-17(12-23)11-14(2)3)22-20(25)26-13-16-9-7-6-8-10-16/h6-10,12,14-15,17-18H,5,11,13H2,1-4H3,(H,21,24)(H,22,25)/t15-,17+,18+/m1/s1. The number of rotatable bonds is 10. The predicted molar refractivity (Wildman–Crippen MR) is 100 cm³/mol. The molecule has 0 spiro atoms. The fourth-order valence-electron chi connectivity index (χ4n) is 2.52. The summed E-state index contributed by atoms with van der Waals surface area (Å²) in [7, 11) is 0. The van der Waals surface area contributed by atoms with Crippen molar-refractivity contribution in [1.82, 2.24) is 10.6 Å². The second-order valence-electron chi connectivity index (χ2n) is 6.95. The topological polar surface area (TPSA) is 84.5 Å². The van der Waals surface area contributed by atoms with Crippen molar-refractivity contribution in [2.45, 2.75) is 59.2 Å². The molecule has 0 saturated heterocycles. The summed E-state index contributed by atoms with van der Waals surface area (Å²) in [6.07, 6.45) is 1.34. The molecular weight excluding hydrogens is 332 g/mol. The van der Waals surface area contributed by atoms with Gasteiger partial charge in [0.15, 0.2) is 0 Å². The molecule has 6 nitrogen and oxygen atoms in total. The molecule has 26 heavy (non-hydrogen) atoms. The molecule has 0 aromatic heterocycles. The van der Waals surface area contributed by atoms with Gasteiger partial charge >= 0.3 is 6.09 Å². The highest BCUT2D eigenvalue weighted by molar-refractivity contribution is 5.87. The Balaban J connectivity index is 2.65. The minimum atomic E-state index is -0.752. The molecule has 2 amide bonds. The Morgan fingerprint density at radius 1 is 1.12 bits per heavy atom. The van der Waals surface area contributed by atoms with Gasteiger partial charge < -0.3 is 20.2 Å². The van der Waals surface area contributed by atoms with Crippen molar-refractivity contribution in [3.8, 4) is 0 Å². The molecule has 0 aliphatic carbocycles. The number of carbonyl (C=O) groups excluding carboxylic acids is 3. The molecule has 1 rings (SSSR count). The highest BCUT2D eigenvalue weighted by atomic mass is 16.5. The molecule has 2 N–H and O–H groups in total. The number of aldehydes is 1. The van der Waals surface area contributed by atoms with Gasteiger partial charge in [-0.25, -0.2) is 4.79 Å². The van der Waals surface area contributed by atoms with Crippen molar-refractivity contribution in [2.24, 2.45) is 11.8 Å². The van der Waals surface area contributed by atoms with Crippen molar-refractivity contribution in [3.63, 3.8) is 0 Å². The lowest BCUT2D eigenvalue weighted by molar-refractivity contribution is -0.127. The number of amides is 2. The molecular formula is C20H30N2O4. The van der Waals surface area contributed by atoms with E-state index in [-0.39, 0.29) is 24.3 Å². The van der Waals surface area contributed by atoms with Crippen LogP contribution in [0.25, 0.3) is 0 Å². The second-order valence-corrected chi connectivity index (χ2v) is 6.95. The van der Waals surface area contributed by atoms with Crippen molar-refractivity contribution in [3.05, 3.63) is 35.9 Å². The van der Waals surface area contributed by atoms with Gasteiger partial charge in [0.25, 0.3) is 0 Å². The molecule has 0 fully saturated rings. The van der Waals surface area contributed by atoms with E-state index in [4.69, 9.17) is 4.74 Å². The van der Waals surface area contributed by atoms with E-state index in [9.17, 15) is 14.4 Å². The van der Waals surface area contributed by atoms with Crippen LogP contribution in [0, 0.1) is 11.8 Å². The number of alkyl carbamates (subject to hydrolysis) is 1. The van der Waals surface area contributed by atoms with E-state index in [1.165, 1.54) is 0 Å². The average Bonchev–Trinajstić information content (AvgIpc) is 2.63. The summed E-state index contributed by atoms with van der Waals surface area (Å²) in [5.74, 6) is -0.185. The fraction of sp³-hybridized carbons (Fsp3) is 0.550. The first-order valence-corrected chi connectivity index (χ1v) is 9.10. The van der Waals surface area contributed by atoms with Crippen LogP contribution in [0.2, 0.25) is 0 Å². The zero-order valence-corrected chi connectivity index (χ0v) is 16.0. The van der Waals surface area contributed by atoms with E-state index in [1.807, 2.05) is 58.0 Å². The van der Waals surface area contributed by atoms with Gasteiger partial charge in [-0.1, -0.05) is 64.4 Å². The fourth-order valence-corrected chi connectivity index (χ4v) is 2.52. The van der Waals surface area contributed by atoms with Crippen LogP contribution in [-0.2, 0) is 20.9 Å². The molecule has 0 radical (unpaired) electrons. The molecule has 0 unspecified atom stereocenters. The third-order valence-corrected chi connectivity index (χ3v) is 4.20. The first kappa shape index (κ1) is 21.7. The normalized spacial score (nSPS) is 14.2. The van der Waals surface area contributed by atoms with Crippen LogP contribution in [0.5, 0.6) is 0 Å². The Morgan fingerprint density at radius 3 is 2.31 bits per heavy atom. The predicted octanol–water partition coefficient (Wildman–Crippen LogP) is 3.06. The van der Waals surface area contributed by atoms with Crippen LogP contribution < -0.4 is 10.6 Å². The minimum absolute atomic E-state index is 0.0920. The Morgan fingerprint density at radius 2 is 1.77 bits per heavy atom. The third kappa shape index (κ3) is 7.68. The lowest BCUT2D eigenvalue weighted by atomic mass is 9.97. The molecule has 1 aromatic carbocycles. The summed E-state index contributed by atoms with van der Waals surface area (Å²) in [4.78, 5) is 35.9. The zero-order valence-electron chi connectivity index (χ0n) is 16.0. The van der Waals surface area contributed by atoms with Crippen molar-refractivity contribution >= 4 is 18.3 Å². The number of benzene rings is 1. The van der Waals surface area contributed by atoms with E-state index >= 15 is 0 Å². The Hall–Kier alpha value is -2.37. The Bertz CT molecular complexity index is 574. The van der Waals surface area contributed by atoms with Crippen LogP contribution in [0.3, 0.4) is 0 Å². The van der Waals surface area contributed by atoms with E-state index in [1.54, 1.807) is 0 Å². The van der Waals surface area contributed by atoms with E-state index in [0.29, 0.717) is 12.8 Å². The van der Waals surface area contributed by atoms with Gasteiger partial charge in [0.05, 0.1) is 6.04 Å². The Kier molecular flexibility index (Phi) is 9.41. The lowest BCUT2D eigenvalue weighted by Gasteiger charge is -2.25. The first-order chi connectivity index (χ1) is 12.4. The smallest absolute Gasteiger partial charge is 0.408 e. The highest BCUT2D eigenvalue weighted by Gasteiger charge is 2.28. The number of ether oxygens (including phenoxy) is 1. The summed E-state index contributed by atoms with van der Waals surface area (Å²) in [6.45, 7) is 7.90. The molecule has 3 atom stereocenters. The maximum atomic E-state index is 12.6. The summed E-state index contributed by atoms with van der Waals surface area (Å²) < 4.78 is 5.20. The average molecular weight is 362 g/mol. The van der Waals surface area contributed by atoms with Crippen LogP contribution >= 0.6 is 0 Å². The SMILES string of the molecule is CC[C@@H](C)[C@H](NC(=O)OCc1ccccc1)C(=O)N[C@H](C=O)CC(C)C. The van der Waals surface area contributed by atoms with Gasteiger partial charge in [-0.05, 0) is 23.8 Å². The molecule has 6 heteroatoms. The quantitative estimate of drug-likeness (QED) is 0.627. The minimum Gasteiger partial charge on any atom is -0.445 e.